The standard InChI is InChI=1S/C26H40N2O5S/c1-15-8-9-21(16(2)12-20-14-34-19(5)28-20)33-23(30)13-22(29)26(6,7)25(32)17(3)24(31)18(4)27-11-10-15/h12,14-15,17-18,21,24,27,31H,8-11,13H2,1-7H3. The quantitative estimate of drug-likeness (QED) is 0.473. The molecule has 0 amide bonds. The second-order valence-electron chi connectivity index (χ2n) is 10.2. The van der Waals surface area contributed by atoms with Gasteiger partial charge in [0.1, 0.15) is 12.5 Å². The van der Waals surface area contributed by atoms with E-state index in [-0.39, 0.29) is 11.8 Å². The van der Waals surface area contributed by atoms with Crippen LogP contribution in [0, 0.1) is 24.2 Å². The number of thiazole rings is 1. The molecule has 34 heavy (non-hydrogen) atoms. The second kappa shape index (κ2) is 12.2. The molecule has 0 aromatic carbocycles. The van der Waals surface area contributed by atoms with Gasteiger partial charge in [-0.05, 0) is 78.0 Å². The molecule has 2 N–H and O–H groups in total. The van der Waals surface area contributed by atoms with Gasteiger partial charge in [0.05, 0.1) is 22.2 Å². The predicted octanol–water partition coefficient (Wildman–Crippen LogP) is 4.12. The number of carbonyl (C=O) groups excluding carboxylic acids is 3. The first kappa shape index (κ1) is 28.3. The molecule has 2 heterocycles. The van der Waals surface area contributed by atoms with Gasteiger partial charge in [0.25, 0.3) is 0 Å². The topological polar surface area (TPSA) is 106 Å². The normalized spacial score (nSPS) is 30.8. The summed E-state index contributed by atoms with van der Waals surface area (Å²) in [6.07, 6.45) is 2.40. The van der Waals surface area contributed by atoms with Crippen molar-refractivity contribution in [2.45, 2.75) is 92.4 Å². The van der Waals surface area contributed by atoms with Crippen LogP contribution in [0.25, 0.3) is 6.08 Å². The first-order valence-corrected chi connectivity index (χ1v) is 13.0. The van der Waals surface area contributed by atoms with Crippen LogP contribution in [0.1, 0.15) is 77.9 Å². The average molecular weight is 493 g/mol. The van der Waals surface area contributed by atoms with Gasteiger partial charge in [0.2, 0.25) is 0 Å². The van der Waals surface area contributed by atoms with Crippen molar-refractivity contribution in [3.8, 4) is 0 Å². The van der Waals surface area contributed by atoms with E-state index in [1.54, 1.807) is 18.3 Å². The van der Waals surface area contributed by atoms with Crippen LogP contribution >= 0.6 is 11.3 Å². The fourth-order valence-electron chi connectivity index (χ4n) is 4.26. The molecule has 0 bridgehead atoms. The number of hydrogen-bond acceptors (Lipinski definition) is 8. The molecule has 0 spiro atoms. The Bertz CT molecular complexity index is 907. The highest BCUT2D eigenvalue weighted by Gasteiger charge is 2.42. The van der Waals surface area contributed by atoms with E-state index >= 15 is 0 Å². The van der Waals surface area contributed by atoms with Crippen LogP contribution < -0.4 is 5.32 Å². The SMILES string of the molecule is CC(=Cc1csc(C)n1)C1CCC(C)CCNC(C)C(O)C(C)C(=O)C(C)(C)C(=O)CC(=O)O1. The summed E-state index contributed by atoms with van der Waals surface area (Å²) in [5, 5.41) is 16.9. The van der Waals surface area contributed by atoms with E-state index in [0.29, 0.717) is 18.9 Å². The largest absolute Gasteiger partial charge is 0.458 e. The van der Waals surface area contributed by atoms with E-state index in [2.05, 4.69) is 17.2 Å². The summed E-state index contributed by atoms with van der Waals surface area (Å²) in [4.78, 5) is 43.3. The summed E-state index contributed by atoms with van der Waals surface area (Å²) in [6.45, 7) is 13.2. The molecule has 8 heteroatoms. The molecule has 1 aromatic rings. The summed E-state index contributed by atoms with van der Waals surface area (Å²) in [5.74, 6) is -1.90. The number of aliphatic hydroxyl groups excluding tert-OH is 1. The van der Waals surface area contributed by atoms with Gasteiger partial charge in [-0.1, -0.05) is 13.8 Å². The van der Waals surface area contributed by atoms with Crippen molar-refractivity contribution < 1.29 is 24.2 Å². The lowest BCUT2D eigenvalue weighted by Gasteiger charge is -2.31. The van der Waals surface area contributed by atoms with Gasteiger partial charge in [-0.25, -0.2) is 4.98 Å². The molecule has 2 rings (SSSR count). The zero-order chi connectivity index (χ0) is 25.6. The fourth-order valence-corrected chi connectivity index (χ4v) is 4.83. The lowest BCUT2D eigenvalue weighted by Crippen LogP contribution is -2.48. The van der Waals surface area contributed by atoms with Crippen LogP contribution in [-0.4, -0.2) is 52.4 Å². The van der Waals surface area contributed by atoms with Gasteiger partial charge in [-0.15, -0.1) is 11.3 Å². The molecule has 0 aliphatic carbocycles. The van der Waals surface area contributed by atoms with Gasteiger partial charge in [0.15, 0.2) is 11.6 Å². The summed E-state index contributed by atoms with van der Waals surface area (Å²) in [5.41, 5.74) is 0.298. The minimum absolute atomic E-state index is 0.297. The monoisotopic (exact) mass is 492 g/mol. The van der Waals surface area contributed by atoms with E-state index in [1.165, 1.54) is 13.8 Å². The number of rotatable bonds is 2. The Balaban J connectivity index is 2.28. The number of ketones is 2. The maximum absolute atomic E-state index is 13.1. The van der Waals surface area contributed by atoms with Gasteiger partial charge < -0.3 is 15.2 Å². The van der Waals surface area contributed by atoms with Crippen molar-refractivity contribution in [1.29, 1.82) is 0 Å². The number of aromatic nitrogens is 1. The predicted molar refractivity (Wildman–Crippen MR) is 134 cm³/mol. The molecular formula is C26H40N2O5S. The molecule has 1 fully saturated rings. The number of hydrogen-bond donors (Lipinski definition) is 2. The molecule has 1 saturated heterocycles. The third-order valence-electron chi connectivity index (χ3n) is 6.88. The number of nitrogens with one attached hydrogen (secondary N) is 1. The Kier molecular flexibility index (Phi) is 10.2. The number of Topliss-reactive ketones (excluding diaryl/α,β-unsaturated/α-hetero) is 2. The Morgan fingerprint density at radius 1 is 1.21 bits per heavy atom. The van der Waals surface area contributed by atoms with Crippen molar-refractivity contribution in [3.05, 3.63) is 21.7 Å². The molecule has 5 unspecified atom stereocenters. The van der Waals surface area contributed by atoms with E-state index in [0.717, 1.165) is 29.1 Å². The Hall–Kier alpha value is -1.90. The minimum atomic E-state index is -1.40. The van der Waals surface area contributed by atoms with Crippen molar-refractivity contribution in [3.63, 3.8) is 0 Å². The lowest BCUT2D eigenvalue weighted by atomic mass is 9.75. The minimum Gasteiger partial charge on any atom is -0.458 e. The molecule has 0 saturated carbocycles. The second-order valence-corrected chi connectivity index (χ2v) is 11.3. The van der Waals surface area contributed by atoms with Crippen LogP contribution in [-0.2, 0) is 19.1 Å². The fraction of sp³-hybridized carbons (Fsp3) is 0.692. The molecule has 190 valence electrons. The molecule has 1 aliphatic rings. The number of ether oxygens (including phenoxy) is 1. The van der Waals surface area contributed by atoms with Crippen LogP contribution in [0.2, 0.25) is 0 Å². The zero-order valence-corrected chi connectivity index (χ0v) is 22.3. The van der Waals surface area contributed by atoms with Crippen molar-refractivity contribution in [2.75, 3.05) is 6.54 Å². The number of esters is 1. The van der Waals surface area contributed by atoms with Crippen LogP contribution in [0.3, 0.4) is 0 Å². The summed E-state index contributed by atoms with van der Waals surface area (Å²) >= 11 is 1.56. The zero-order valence-electron chi connectivity index (χ0n) is 21.5. The lowest BCUT2D eigenvalue weighted by molar-refractivity contribution is -0.153. The molecule has 7 nitrogen and oxygen atoms in total. The van der Waals surface area contributed by atoms with Crippen molar-refractivity contribution >= 4 is 34.9 Å². The highest BCUT2D eigenvalue weighted by molar-refractivity contribution is 7.09. The number of aryl methyl sites for hydroxylation is 1. The van der Waals surface area contributed by atoms with E-state index in [9.17, 15) is 19.5 Å². The summed E-state index contributed by atoms with van der Waals surface area (Å²) in [7, 11) is 0. The van der Waals surface area contributed by atoms with Crippen molar-refractivity contribution in [2.24, 2.45) is 17.3 Å². The smallest absolute Gasteiger partial charge is 0.313 e. The van der Waals surface area contributed by atoms with Gasteiger partial charge >= 0.3 is 5.97 Å². The van der Waals surface area contributed by atoms with Crippen molar-refractivity contribution in [1.82, 2.24) is 10.3 Å². The maximum Gasteiger partial charge on any atom is 0.313 e. The molecule has 1 aliphatic heterocycles. The number of aliphatic hydroxyl groups is 1. The Morgan fingerprint density at radius 2 is 1.88 bits per heavy atom. The van der Waals surface area contributed by atoms with Gasteiger partial charge in [0, 0.05) is 17.3 Å². The Morgan fingerprint density at radius 3 is 2.50 bits per heavy atom. The average Bonchev–Trinajstić information content (AvgIpc) is 3.18. The number of carbonyl (C=O) groups is 3. The highest BCUT2D eigenvalue weighted by Crippen LogP contribution is 2.28. The summed E-state index contributed by atoms with van der Waals surface area (Å²) in [6, 6.07) is -0.297. The summed E-state index contributed by atoms with van der Waals surface area (Å²) < 4.78 is 5.78. The van der Waals surface area contributed by atoms with E-state index in [4.69, 9.17) is 4.74 Å². The first-order valence-electron chi connectivity index (χ1n) is 12.1. The highest BCUT2D eigenvalue weighted by atomic mass is 32.1. The molecule has 0 radical (unpaired) electrons. The maximum atomic E-state index is 13.1. The van der Waals surface area contributed by atoms with E-state index < -0.39 is 41.7 Å². The van der Waals surface area contributed by atoms with Crippen LogP contribution in [0.5, 0.6) is 0 Å². The molecular weight excluding hydrogens is 452 g/mol. The number of cyclic esters (lactones) is 1. The molecule has 5 atom stereocenters. The first-order chi connectivity index (χ1) is 15.8. The number of nitrogens with zero attached hydrogens (tertiary/aromatic N) is 1. The molecule has 1 aromatic heterocycles. The van der Waals surface area contributed by atoms with Gasteiger partial charge in [-0.2, -0.15) is 0 Å². The third kappa shape index (κ3) is 7.55. The van der Waals surface area contributed by atoms with E-state index in [1.807, 2.05) is 32.2 Å². The van der Waals surface area contributed by atoms with Crippen LogP contribution in [0.4, 0.5) is 0 Å². The van der Waals surface area contributed by atoms with Gasteiger partial charge in [-0.3, -0.25) is 14.4 Å². The third-order valence-corrected chi connectivity index (χ3v) is 7.67. The Labute approximate surface area is 207 Å². The van der Waals surface area contributed by atoms with Crippen LogP contribution in [0.15, 0.2) is 11.0 Å².